The lowest BCUT2D eigenvalue weighted by Gasteiger charge is -2.28. The molecule has 0 radical (unpaired) electrons. The Morgan fingerprint density at radius 3 is 1.47 bits per heavy atom. The Morgan fingerprint density at radius 1 is 0.455 bits per heavy atom. The van der Waals surface area contributed by atoms with Crippen molar-refractivity contribution in [1.29, 1.82) is 0 Å². The zero-order chi connectivity index (χ0) is 36.9. The summed E-state index contributed by atoms with van der Waals surface area (Å²) in [6.45, 7) is 4.51. The zero-order valence-electron chi connectivity index (χ0n) is 30.8. The Bertz CT molecular complexity index is 2670. The molecule has 8 aromatic rings. The Balaban J connectivity index is 0.806. The molecule has 1 aromatic heterocycles. The van der Waals surface area contributed by atoms with Crippen molar-refractivity contribution in [2.45, 2.75) is 31.2 Å². The second-order valence-electron chi connectivity index (χ2n) is 15.0. The van der Waals surface area contributed by atoms with Crippen LogP contribution in [0.1, 0.15) is 36.5 Å². The fourth-order valence-electron chi connectivity index (χ4n) is 8.45. The molecule has 0 saturated heterocycles. The molecule has 7 aromatic carbocycles. The molecule has 2 unspecified atom stereocenters. The van der Waals surface area contributed by atoms with Crippen molar-refractivity contribution in [3.05, 3.63) is 211 Å². The number of nitrogens with zero attached hydrogens (tertiary/aromatic N) is 2. The van der Waals surface area contributed by atoms with E-state index >= 15 is 0 Å². The predicted molar refractivity (Wildman–Crippen MR) is 226 cm³/mol. The highest BCUT2D eigenvalue weighted by atomic mass is 16.5. The molecule has 0 saturated carbocycles. The highest BCUT2D eigenvalue weighted by Gasteiger charge is 2.37. The molecule has 2 aliphatic rings. The third kappa shape index (κ3) is 5.78. The summed E-state index contributed by atoms with van der Waals surface area (Å²) in [6.07, 6.45) is 8.92. The summed E-state index contributed by atoms with van der Waals surface area (Å²) in [5, 5.41) is 2.51. The number of hydrogen-bond donors (Lipinski definition) is 0. The first-order valence-corrected chi connectivity index (χ1v) is 19.0. The van der Waals surface area contributed by atoms with Crippen LogP contribution in [-0.2, 0) is 5.41 Å². The van der Waals surface area contributed by atoms with E-state index in [1.165, 1.54) is 44.2 Å². The van der Waals surface area contributed by atoms with Crippen molar-refractivity contribution in [3.63, 3.8) is 0 Å². The number of benzene rings is 7. The van der Waals surface area contributed by atoms with Crippen LogP contribution in [-0.4, -0.2) is 10.6 Å². The minimum Gasteiger partial charge on any atom is -0.457 e. The van der Waals surface area contributed by atoms with Crippen LogP contribution in [0.3, 0.4) is 0 Å². The van der Waals surface area contributed by atoms with Crippen molar-refractivity contribution in [2.75, 3.05) is 4.90 Å². The van der Waals surface area contributed by atoms with Gasteiger partial charge in [0, 0.05) is 39.2 Å². The highest BCUT2D eigenvalue weighted by Crippen LogP contribution is 2.47. The number of allylic oxidation sites excluding steroid dienone is 2. The van der Waals surface area contributed by atoms with Gasteiger partial charge in [-0.25, -0.2) is 0 Å². The summed E-state index contributed by atoms with van der Waals surface area (Å²) in [6, 6.07) is 59.8. The molecule has 0 bridgehead atoms. The van der Waals surface area contributed by atoms with E-state index in [1.807, 2.05) is 12.1 Å². The lowest BCUT2D eigenvalue weighted by atomic mass is 9.78. The molecule has 266 valence electrons. The first kappa shape index (κ1) is 32.8. The Kier molecular flexibility index (Phi) is 7.92. The van der Waals surface area contributed by atoms with Gasteiger partial charge in [0.15, 0.2) is 0 Å². The van der Waals surface area contributed by atoms with Crippen LogP contribution < -0.4 is 14.4 Å². The first-order valence-electron chi connectivity index (χ1n) is 19.0. The van der Waals surface area contributed by atoms with Crippen molar-refractivity contribution in [2.24, 2.45) is 0 Å². The van der Waals surface area contributed by atoms with Crippen LogP contribution in [0.25, 0.3) is 27.5 Å². The van der Waals surface area contributed by atoms with Gasteiger partial charge in [-0.1, -0.05) is 117 Å². The molecule has 0 spiro atoms. The molecule has 2 heterocycles. The maximum Gasteiger partial charge on any atom is 0.127 e. The van der Waals surface area contributed by atoms with Crippen molar-refractivity contribution < 1.29 is 9.47 Å². The lowest BCUT2D eigenvalue weighted by molar-refractivity contribution is 0.481. The van der Waals surface area contributed by atoms with Crippen LogP contribution >= 0.6 is 0 Å². The fraction of sp³-hybridized carbons (Fsp3) is 0.0980. The fourth-order valence-corrected chi connectivity index (χ4v) is 8.45. The normalized spacial score (nSPS) is 16.0. The van der Waals surface area contributed by atoms with Gasteiger partial charge in [0.2, 0.25) is 0 Å². The quantitative estimate of drug-likeness (QED) is 0.157. The van der Waals surface area contributed by atoms with Crippen LogP contribution in [0.15, 0.2) is 194 Å². The zero-order valence-corrected chi connectivity index (χ0v) is 30.8. The van der Waals surface area contributed by atoms with Gasteiger partial charge < -0.3 is 18.9 Å². The molecular weight excluding hydrogens is 673 g/mol. The van der Waals surface area contributed by atoms with Gasteiger partial charge in [0.1, 0.15) is 23.0 Å². The highest BCUT2D eigenvalue weighted by molar-refractivity contribution is 6.09. The maximum atomic E-state index is 6.32. The van der Waals surface area contributed by atoms with E-state index in [1.54, 1.807) is 0 Å². The van der Waals surface area contributed by atoms with E-state index < -0.39 is 0 Å². The summed E-state index contributed by atoms with van der Waals surface area (Å²) in [5.74, 6) is 3.60. The van der Waals surface area contributed by atoms with Gasteiger partial charge >= 0.3 is 0 Å². The molecule has 55 heavy (non-hydrogen) atoms. The number of anilines is 2. The van der Waals surface area contributed by atoms with E-state index in [9.17, 15) is 0 Å². The monoisotopic (exact) mass is 712 g/mol. The second kappa shape index (κ2) is 13.3. The van der Waals surface area contributed by atoms with Gasteiger partial charge in [-0.3, -0.25) is 0 Å². The minimum atomic E-state index is -0.213. The van der Waals surface area contributed by atoms with E-state index in [4.69, 9.17) is 9.47 Å². The predicted octanol–water partition coefficient (Wildman–Crippen LogP) is 13.4. The van der Waals surface area contributed by atoms with Crippen LogP contribution in [0.2, 0.25) is 0 Å². The van der Waals surface area contributed by atoms with Gasteiger partial charge in [-0.05, 0) is 108 Å². The van der Waals surface area contributed by atoms with Gasteiger partial charge in [0.05, 0.1) is 17.1 Å². The van der Waals surface area contributed by atoms with Gasteiger partial charge in [0.25, 0.3) is 0 Å². The Hall–Kier alpha value is -6.78. The summed E-state index contributed by atoms with van der Waals surface area (Å²) >= 11 is 0. The summed E-state index contributed by atoms with van der Waals surface area (Å²) < 4.78 is 15.0. The first-order chi connectivity index (χ1) is 27.0. The topological polar surface area (TPSA) is 26.6 Å². The molecular formula is C51H40N2O2. The average molecular weight is 713 g/mol. The number of aromatic nitrogens is 1. The largest absolute Gasteiger partial charge is 0.457 e. The summed E-state index contributed by atoms with van der Waals surface area (Å²) in [4.78, 5) is 2.44. The van der Waals surface area contributed by atoms with E-state index in [2.05, 4.69) is 205 Å². The molecule has 0 amide bonds. The van der Waals surface area contributed by atoms with E-state index in [0.717, 1.165) is 34.4 Å². The number of hydrogen-bond acceptors (Lipinski definition) is 3. The molecule has 4 nitrogen and oxygen atoms in total. The standard InChI is InChI=1S/C51H40N2O2/c1-51(2,35-19-27-39(28-20-35)54-41-31-23-37(24-32-41)52-47-15-7-3-11-43(47)44-12-4-8-16-48(44)52)36-21-29-40(30-22-36)55-42-33-25-38(26-34-42)53-49-17-9-5-13-45(49)46-14-6-10-18-50(46)53/h3-34,43,47H,1-2H3. The lowest BCUT2D eigenvalue weighted by Crippen LogP contribution is -2.28. The van der Waals surface area contributed by atoms with E-state index in [-0.39, 0.29) is 11.5 Å². The number of fused-ring (bicyclic) bond motifs is 6. The SMILES string of the molecule is CC(C)(c1ccc(Oc2ccc(N3c4ccccc4C4C=CC=CC43)cc2)cc1)c1ccc(Oc2ccc(-n3c4ccccc4c4ccccc43)cc2)cc1. The van der Waals surface area contributed by atoms with Crippen molar-refractivity contribution in [1.82, 2.24) is 4.57 Å². The van der Waals surface area contributed by atoms with E-state index in [0.29, 0.717) is 5.92 Å². The van der Waals surface area contributed by atoms with Gasteiger partial charge in [-0.2, -0.15) is 0 Å². The number of rotatable bonds is 8. The number of para-hydroxylation sites is 3. The molecule has 1 aliphatic heterocycles. The Morgan fingerprint density at radius 2 is 0.909 bits per heavy atom. The Labute approximate surface area is 321 Å². The van der Waals surface area contributed by atoms with Crippen LogP contribution in [0, 0.1) is 0 Å². The third-order valence-corrected chi connectivity index (χ3v) is 11.4. The molecule has 0 N–H and O–H groups in total. The summed E-state index contributed by atoms with van der Waals surface area (Å²) in [5.41, 5.74) is 9.50. The number of ether oxygens (including phenoxy) is 2. The minimum absolute atomic E-state index is 0.213. The third-order valence-electron chi connectivity index (χ3n) is 11.4. The molecule has 1 aliphatic carbocycles. The molecule has 4 heteroatoms. The second-order valence-corrected chi connectivity index (χ2v) is 15.0. The smallest absolute Gasteiger partial charge is 0.127 e. The average Bonchev–Trinajstić information content (AvgIpc) is 3.75. The molecule has 0 fully saturated rings. The molecule has 2 atom stereocenters. The van der Waals surface area contributed by atoms with Crippen LogP contribution in [0.5, 0.6) is 23.0 Å². The maximum absolute atomic E-state index is 6.32. The van der Waals surface area contributed by atoms with Gasteiger partial charge in [-0.15, -0.1) is 0 Å². The van der Waals surface area contributed by atoms with Crippen molar-refractivity contribution in [3.8, 4) is 28.7 Å². The van der Waals surface area contributed by atoms with Crippen molar-refractivity contribution >= 4 is 33.2 Å². The summed E-state index contributed by atoms with van der Waals surface area (Å²) in [7, 11) is 0. The van der Waals surface area contributed by atoms with Crippen LogP contribution in [0.4, 0.5) is 11.4 Å². The molecule has 10 rings (SSSR count).